The van der Waals surface area contributed by atoms with Gasteiger partial charge in [-0.05, 0) is 59.4 Å². The van der Waals surface area contributed by atoms with E-state index in [0.29, 0.717) is 36.8 Å². The van der Waals surface area contributed by atoms with E-state index in [2.05, 4.69) is 0 Å². The van der Waals surface area contributed by atoms with Crippen molar-refractivity contribution in [2.45, 2.75) is 64.5 Å². The average molecular weight is 584 g/mol. The molecule has 0 aliphatic heterocycles. The van der Waals surface area contributed by atoms with Gasteiger partial charge < -0.3 is 16.9 Å². The topological polar surface area (TPSA) is 118 Å². The molecule has 3 aromatic rings. The first-order valence-electron chi connectivity index (χ1n) is 10.9. The lowest BCUT2D eigenvalue weighted by Crippen LogP contribution is -2.47. The standard InChI is InChI=1S/C26H32N2O2.2BrH.H2O/c1-5-25(27,6-2)23(29)19-13-9-11-17-16-22-18(15-21(17)19)12-10-14-20(22)24(30)26(28,7-3)8-4;;;/h9-16H,5-8,27-28H2,1-4H3;2*1H;1H2. The first-order chi connectivity index (χ1) is 14.2. The summed E-state index contributed by atoms with van der Waals surface area (Å²) in [6, 6.07) is 15.4. The quantitative estimate of drug-likeness (QED) is 0.260. The van der Waals surface area contributed by atoms with Crippen LogP contribution in [0.2, 0.25) is 0 Å². The Morgan fingerprint density at radius 3 is 1.24 bits per heavy atom. The van der Waals surface area contributed by atoms with Crippen LogP contribution in [-0.2, 0) is 0 Å². The number of hydrogen-bond acceptors (Lipinski definition) is 4. The zero-order chi connectivity index (χ0) is 22.1. The first kappa shape index (κ1) is 31.4. The summed E-state index contributed by atoms with van der Waals surface area (Å²) >= 11 is 0. The summed E-state index contributed by atoms with van der Waals surface area (Å²) in [5.74, 6) is -0.0785. The van der Waals surface area contributed by atoms with Crippen LogP contribution in [-0.4, -0.2) is 28.1 Å². The highest BCUT2D eigenvalue weighted by molar-refractivity contribution is 8.93. The van der Waals surface area contributed by atoms with Crippen LogP contribution in [0.1, 0.15) is 74.1 Å². The molecule has 0 saturated carbocycles. The lowest BCUT2D eigenvalue weighted by Gasteiger charge is -2.26. The summed E-state index contributed by atoms with van der Waals surface area (Å²) in [6.45, 7) is 7.78. The van der Waals surface area contributed by atoms with Crippen LogP contribution in [0.4, 0.5) is 0 Å². The number of carbonyl (C=O) groups is 2. The largest absolute Gasteiger partial charge is 0.412 e. The van der Waals surface area contributed by atoms with E-state index in [4.69, 9.17) is 11.5 Å². The average Bonchev–Trinajstić information content (AvgIpc) is 2.79. The fourth-order valence-corrected chi connectivity index (χ4v) is 4.13. The second kappa shape index (κ2) is 12.2. The summed E-state index contributed by atoms with van der Waals surface area (Å²) in [4.78, 5) is 26.5. The molecule has 0 atom stereocenters. The maximum atomic E-state index is 13.3. The lowest BCUT2D eigenvalue weighted by atomic mass is 9.82. The number of fused-ring (bicyclic) bond motifs is 2. The van der Waals surface area contributed by atoms with Crippen molar-refractivity contribution in [2.75, 3.05) is 0 Å². The van der Waals surface area contributed by atoms with Crippen LogP contribution >= 0.6 is 34.0 Å². The van der Waals surface area contributed by atoms with Gasteiger partial charge in [0.1, 0.15) is 0 Å². The van der Waals surface area contributed by atoms with Crippen LogP contribution in [0.15, 0.2) is 48.5 Å². The van der Waals surface area contributed by atoms with E-state index in [-0.39, 0.29) is 51.0 Å². The Hall–Kier alpha value is -1.64. The highest BCUT2D eigenvalue weighted by Gasteiger charge is 2.33. The third-order valence-electron chi connectivity index (χ3n) is 6.80. The normalized spacial score (nSPS) is 11.3. The van der Waals surface area contributed by atoms with Gasteiger partial charge in [0.15, 0.2) is 11.6 Å². The molecular weight excluding hydrogens is 548 g/mol. The van der Waals surface area contributed by atoms with Crippen LogP contribution in [0, 0.1) is 0 Å². The summed E-state index contributed by atoms with van der Waals surface area (Å²) in [7, 11) is 0. The van der Waals surface area contributed by atoms with E-state index in [0.717, 1.165) is 21.5 Å². The van der Waals surface area contributed by atoms with Crippen molar-refractivity contribution in [3.05, 3.63) is 59.7 Å². The van der Waals surface area contributed by atoms with Crippen molar-refractivity contribution in [1.82, 2.24) is 0 Å². The molecule has 0 bridgehead atoms. The van der Waals surface area contributed by atoms with Crippen molar-refractivity contribution in [2.24, 2.45) is 11.5 Å². The fourth-order valence-electron chi connectivity index (χ4n) is 4.13. The van der Waals surface area contributed by atoms with Crippen LogP contribution in [0.3, 0.4) is 0 Å². The summed E-state index contributed by atoms with van der Waals surface area (Å²) < 4.78 is 0. The number of carbonyl (C=O) groups excluding carboxylic acids is 2. The fraction of sp³-hybridized carbons (Fsp3) is 0.385. The molecule has 33 heavy (non-hydrogen) atoms. The Labute approximate surface area is 217 Å². The molecule has 0 aliphatic carbocycles. The van der Waals surface area contributed by atoms with Crippen LogP contribution in [0.5, 0.6) is 0 Å². The molecule has 0 saturated heterocycles. The zero-order valence-corrected chi connectivity index (χ0v) is 23.2. The molecule has 0 unspecified atom stereocenters. The Kier molecular flexibility index (Phi) is 11.6. The summed E-state index contributed by atoms with van der Waals surface area (Å²) in [6.07, 6.45) is 2.32. The highest BCUT2D eigenvalue weighted by atomic mass is 79.9. The van der Waals surface area contributed by atoms with E-state index in [1.54, 1.807) is 0 Å². The van der Waals surface area contributed by atoms with Gasteiger partial charge in [-0.2, -0.15) is 0 Å². The van der Waals surface area contributed by atoms with Crippen molar-refractivity contribution >= 4 is 67.1 Å². The monoisotopic (exact) mass is 582 g/mol. The zero-order valence-electron chi connectivity index (χ0n) is 19.7. The molecule has 0 aromatic heterocycles. The summed E-state index contributed by atoms with van der Waals surface area (Å²) in [5, 5.41) is 3.56. The molecular formula is C26H36Br2N2O3. The number of ketones is 2. The van der Waals surface area contributed by atoms with Crippen molar-refractivity contribution in [3.8, 4) is 0 Å². The first-order valence-corrected chi connectivity index (χ1v) is 10.9. The number of Topliss-reactive ketones (excluding diaryl/α,β-unsaturated/α-hetero) is 2. The van der Waals surface area contributed by atoms with Gasteiger partial charge >= 0.3 is 0 Å². The Morgan fingerprint density at radius 2 is 0.970 bits per heavy atom. The van der Waals surface area contributed by atoms with Gasteiger partial charge in [0, 0.05) is 11.1 Å². The smallest absolute Gasteiger partial charge is 0.183 e. The molecule has 3 aromatic carbocycles. The van der Waals surface area contributed by atoms with Crippen molar-refractivity contribution in [1.29, 1.82) is 0 Å². The van der Waals surface area contributed by atoms with Gasteiger partial charge in [0.25, 0.3) is 0 Å². The molecule has 0 fully saturated rings. The molecule has 0 heterocycles. The van der Waals surface area contributed by atoms with Gasteiger partial charge in [-0.25, -0.2) is 0 Å². The van der Waals surface area contributed by atoms with Crippen LogP contribution in [0.25, 0.3) is 21.5 Å². The molecule has 0 amide bonds. The van der Waals surface area contributed by atoms with Gasteiger partial charge in [0.05, 0.1) is 11.1 Å². The maximum Gasteiger partial charge on any atom is 0.183 e. The van der Waals surface area contributed by atoms with E-state index in [1.165, 1.54) is 0 Å². The second-order valence-electron chi connectivity index (χ2n) is 8.29. The van der Waals surface area contributed by atoms with E-state index < -0.39 is 11.1 Å². The predicted molar refractivity (Wildman–Crippen MR) is 149 cm³/mol. The molecule has 0 aliphatic rings. The SMILES string of the molecule is Br.Br.CCC(N)(CC)C(=O)c1cccc2cc3c(C(=O)C(N)(CC)CC)cccc3cc12.O. The van der Waals surface area contributed by atoms with Gasteiger partial charge in [-0.15, -0.1) is 34.0 Å². The third kappa shape index (κ3) is 5.54. The molecule has 0 spiro atoms. The Balaban J connectivity index is 0.00000341. The second-order valence-corrected chi connectivity index (χ2v) is 8.29. The number of hydrogen-bond donors (Lipinski definition) is 2. The van der Waals surface area contributed by atoms with E-state index in [1.807, 2.05) is 76.2 Å². The lowest BCUT2D eigenvalue weighted by molar-refractivity contribution is 0.0874. The van der Waals surface area contributed by atoms with Crippen LogP contribution < -0.4 is 11.5 Å². The molecule has 3 rings (SSSR count). The van der Waals surface area contributed by atoms with Gasteiger partial charge in [-0.3, -0.25) is 9.59 Å². The third-order valence-corrected chi connectivity index (χ3v) is 6.80. The molecule has 5 nitrogen and oxygen atoms in total. The van der Waals surface area contributed by atoms with E-state index >= 15 is 0 Å². The Morgan fingerprint density at radius 1 is 0.667 bits per heavy atom. The summed E-state index contributed by atoms with van der Waals surface area (Å²) in [5.41, 5.74) is 12.3. The minimum atomic E-state index is -0.873. The molecule has 6 N–H and O–H groups in total. The minimum Gasteiger partial charge on any atom is -0.412 e. The van der Waals surface area contributed by atoms with Gasteiger partial charge in [0.2, 0.25) is 0 Å². The number of halogens is 2. The predicted octanol–water partition coefficient (Wildman–Crippen LogP) is 5.72. The van der Waals surface area contributed by atoms with Crippen molar-refractivity contribution < 1.29 is 15.1 Å². The van der Waals surface area contributed by atoms with Crippen molar-refractivity contribution in [3.63, 3.8) is 0 Å². The number of rotatable bonds is 8. The molecule has 0 radical (unpaired) electrons. The number of nitrogens with two attached hydrogens (primary N) is 2. The maximum absolute atomic E-state index is 13.3. The highest BCUT2D eigenvalue weighted by Crippen LogP contribution is 2.32. The Bertz CT molecular complexity index is 1030. The van der Waals surface area contributed by atoms with E-state index in [9.17, 15) is 9.59 Å². The number of benzene rings is 3. The molecule has 7 heteroatoms. The molecule has 182 valence electrons. The minimum absolute atomic E-state index is 0. The van der Waals surface area contributed by atoms with Gasteiger partial charge in [-0.1, -0.05) is 64.1 Å².